The van der Waals surface area contributed by atoms with Crippen LogP contribution in [0.1, 0.15) is 15.9 Å². The van der Waals surface area contributed by atoms with Crippen molar-refractivity contribution in [3.63, 3.8) is 0 Å². The molecule has 0 unspecified atom stereocenters. The number of anilines is 2. The second kappa shape index (κ2) is 6.28. The van der Waals surface area contributed by atoms with Gasteiger partial charge in [-0.2, -0.15) is 0 Å². The molecule has 120 valence electrons. The maximum atomic E-state index is 13.3. The van der Waals surface area contributed by atoms with Crippen LogP contribution >= 0.6 is 0 Å². The zero-order valence-electron chi connectivity index (χ0n) is 13.1. The molecule has 1 aliphatic rings. The fourth-order valence-electron chi connectivity index (χ4n) is 2.92. The first-order chi connectivity index (χ1) is 11.0. The Morgan fingerprint density at radius 2 is 1.83 bits per heavy atom. The zero-order chi connectivity index (χ0) is 16.4. The van der Waals surface area contributed by atoms with Crippen molar-refractivity contribution in [2.75, 3.05) is 36.8 Å². The number of nitrogens with zero attached hydrogens (tertiary/aromatic N) is 2. The molecule has 23 heavy (non-hydrogen) atoms. The normalized spacial score (nSPS) is 14.9. The van der Waals surface area contributed by atoms with E-state index in [1.165, 1.54) is 17.7 Å². The first-order valence-corrected chi connectivity index (χ1v) is 7.70. The van der Waals surface area contributed by atoms with Crippen LogP contribution in [-0.4, -0.2) is 37.0 Å². The summed E-state index contributed by atoms with van der Waals surface area (Å²) in [6, 6.07) is 11.7. The van der Waals surface area contributed by atoms with Crippen LogP contribution in [-0.2, 0) is 0 Å². The van der Waals surface area contributed by atoms with Gasteiger partial charge in [0.1, 0.15) is 5.82 Å². The second-order valence-corrected chi connectivity index (χ2v) is 5.84. The lowest BCUT2D eigenvalue weighted by Crippen LogP contribution is -2.49. The molecule has 0 aliphatic carbocycles. The number of amides is 1. The number of nitrogens with two attached hydrogens (primary N) is 1. The van der Waals surface area contributed by atoms with E-state index in [1.807, 2.05) is 18.2 Å². The van der Waals surface area contributed by atoms with Crippen LogP contribution in [0, 0.1) is 12.7 Å². The molecule has 2 aromatic carbocycles. The second-order valence-electron chi connectivity index (χ2n) is 5.84. The van der Waals surface area contributed by atoms with Crippen LogP contribution in [0.2, 0.25) is 0 Å². The number of hydrogen-bond donors (Lipinski definition) is 1. The van der Waals surface area contributed by atoms with Gasteiger partial charge in [0.2, 0.25) is 0 Å². The topological polar surface area (TPSA) is 49.6 Å². The van der Waals surface area contributed by atoms with Gasteiger partial charge in [-0.25, -0.2) is 4.39 Å². The van der Waals surface area contributed by atoms with Gasteiger partial charge in [0.05, 0.1) is 0 Å². The fourth-order valence-corrected chi connectivity index (χ4v) is 2.92. The Kier molecular flexibility index (Phi) is 4.19. The molecule has 1 heterocycles. The van der Waals surface area contributed by atoms with E-state index in [-0.39, 0.29) is 11.7 Å². The van der Waals surface area contributed by atoms with Gasteiger partial charge in [-0.1, -0.05) is 12.1 Å². The van der Waals surface area contributed by atoms with Gasteiger partial charge in [-0.05, 0) is 42.8 Å². The number of hydrogen-bond acceptors (Lipinski definition) is 3. The third-order valence-corrected chi connectivity index (χ3v) is 4.21. The predicted molar refractivity (Wildman–Crippen MR) is 90.1 cm³/mol. The average molecular weight is 313 g/mol. The molecular weight excluding hydrogens is 293 g/mol. The van der Waals surface area contributed by atoms with Crippen molar-refractivity contribution >= 4 is 17.3 Å². The van der Waals surface area contributed by atoms with Crippen molar-refractivity contribution in [2.45, 2.75) is 6.92 Å². The summed E-state index contributed by atoms with van der Waals surface area (Å²) in [5, 5.41) is 0. The first-order valence-electron chi connectivity index (χ1n) is 7.70. The highest BCUT2D eigenvalue weighted by Crippen LogP contribution is 2.24. The summed E-state index contributed by atoms with van der Waals surface area (Å²) in [5.41, 5.74) is 9.30. The predicted octanol–water partition coefficient (Wildman–Crippen LogP) is 2.68. The van der Waals surface area contributed by atoms with Gasteiger partial charge < -0.3 is 15.5 Å². The van der Waals surface area contributed by atoms with E-state index in [1.54, 1.807) is 17.0 Å². The molecule has 5 heteroatoms. The van der Waals surface area contributed by atoms with E-state index in [0.717, 1.165) is 24.5 Å². The number of benzene rings is 2. The smallest absolute Gasteiger partial charge is 0.254 e. The molecule has 1 fully saturated rings. The molecule has 1 amide bonds. The van der Waals surface area contributed by atoms with Crippen LogP contribution in [0.5, 0.6) is 0 Å². The van der Waals surface area contributed by atoms with Crippen LogP contribution in [0.25, 0.3) is 0 Å². The summed E-state index contributed by atoms with van der Waals surface area (Å²) in [6.07, 6.45) is 0. The summed E-state index contributed by atoms with van der Waals surface area (Å²) >= 11 is 0. The molecule has 0 aromatic heterocycles. The molecule has 4 nitrogen and oxygen atoms in total. The fraction of sp³-hybridized carbons (Fsp3) is 0.278. The highest BCUT2D eigenvalue weighted by atomic mass is 19.1. The van der Waals surface area contributed by atoms with Crippen LogP contribution < -0.4 is 10.6 Å². The Balaban J connectivity index is 1.69. The van der Waals surface area contributed by atoms with Crippen molar-refractivity contribution in [3.8, 4) is 0 Å². The van der Waals surface area contributed by atoms with E-state index in [9.17, 15) is 9.18 Å². The van der Waals surface area contributed by atoms with E-state index in [0.29, 0.717) is 18.7 Å². The molecule has 3 rings (SSSR count). The maximum Gasteiger partial charge on any atom is 0.254 e. The highest BCUT2D eigenvalue weighted by molar-refractivity contribution is 5.94. The average Bonchev–Trinajstić information content (AvgIpc) is 2.56. The van der Waals surface area contributed by atoms with Crippen LogP contribution in [0.3, 0.4) is 0 Å². The summed E-state index contributed by atoms with van der Waals surface area (Å²) < 4.78 is 13.3. The Hall–Kier alpha value is -2.56. The molecule has 0 atom stereocenters. The molecule has 1 aliphatic heterocycles. The van der Waals surface area contributed by atoms with E-state index in [2.05, 4.69) is 11.8 Å². The molecule has 1 saturated heterocycles. The molecule has 0 bridgehead atoms. The Morgan fingerprint density at radius 1 is 1.09 bits per heavy atom. The number of nitrogen functional groups attached to an aromatic ring is 1. The Bertz CT molecular complexity index is 724. The zero-order valence-corrected chi connectivity index (χ0v) is 13.1. The lowest BCUT2D eigenvalue weighted by atomic mass is 10.1. The third-order valence-electron chi connectivity index (χ3n) is 4.21. The SMILES string of the molecule is Cc1ccc(N)cc1N1CCN(C(=O)c2cccc(F)c2)CC1. The summed E-state index contributed by atoms with van der Waals surface area (Å²) in [7, 11) is 0. The molecule has 2 aromatic rings. The quantitative estimate of drug-likeness (QED) is 0.867. The lowest BCUT2D eigenvalue weighted by Gasteiger charge is -2.37. The largest absolute Gasteiger partial charge is 0.399 e. The number of carbonyl (C=O) groups excluding carboxylic acids is 1. The Labute approximate surface area is 135 Å². The van der Waals surface area contributed by atoms with Crippen molar-refractivity contribution in [2.24, 2.45) is 0 Å². The molecule has 0 spiro atoms. The third kappa shape index (κ3) is 3.28. The van der Waals surface area contributed by atoms with Crippen LogP contribution in [0.4, 0.5) is 15.8 Å². The van der Waals surface area contributed by atoms with Crippen molar-refractivity contribution in [3.05, 3.63) is 59.4 Å². The van der Waals surface area contributed by atoms with Crippen molar-refractivity contribution < 1.29 is 9.18 Å². The number of aryl methyl sites for hydroxylation is 1. The van der Waals surface area contributed by atoms with E-state index in [4.69, 9.17) is 5.73 Å². The van der Waals surface area contributed by atoms with Gasteiger partial charge in [-0.3, -0.25) is 4.79 Å². The van der Waals surface area contributed by atoms with E-state index >= 15 is 0 Å². The standard InChI is InChI=1S/C18H20FN3O/c1-13-5-6-16(20)12-17(13)21-7-9-22(10-8-21)18(23)14-3-2-4-15(19)11-14/h2-6,11-12H,7-10,20H2,1H3. The minimum atomic E-state index is -0.384. The summed E-state index contributed by atoms with van der Waals surface area (Å²) in [6.45, 7) is 4.77. The molecule has 0 saturated carbocycles. The van der Waals surface area contributed by atoms with E-state index < -0.39 is 0 Å². The Morgan fingerprint density at radius 3 is 2.52 bits per heavy atom. The molecular formula is C18H20FN3O. The van der Waals surface area contributed by atoms with Crippen molar-refractivity contribution in [1.82, 2.24) is 4.90 Å². The number of halogens is 1. The minimum absolute atomic E-state index is 0.117. The van der Waals surface area contributed by atoms with Gasteiger partial charge in [-0.15, -0.1) is 0 Å². The number of carbonyl (C=O) groups is 1. The number of rotatable bonds is 2. The van der Waals surface area contributed by atoms with Gasteiger partial charge in [0, 0.05) is 43.1 Å². The van der Waals surface area contributed by atoms with Gasteiger partial charge in [0.25, 0.3) is 5.91 Å². The van der Waals surface area contributed by atoms with Gasteiger partial charge in [0.15, 0.2) is 0 Å². The minimum Gasteiger partial charge on any atom is -0.399 e. The highest BCUT2D eigenvalue weighted by Gasteiger charge is 2.23. The summed E-state index contributed by atoms with van der Waals surface area (Å²) in [4.78, 5) is 16.4. The van der Waals surface area contributed by atoms with Gasteiger partial charge >= 0.3 is 0 Å². The van der Waals surface area contributed by atoms with Crippen LogP contribution in [0.15, 0.2) is 42.5 Å². The maximum absolute atomic E-state index is 13.3. The number of piperazine rings is 1. The molecule has 2 N–H and O–H groups in total. The first kappa shape index (κ1) is 15.3. The lowest BCUT2D eigenvalue weighted by molar-refractivity contribution is 0.0746. The van der Waals surface area contributed by atoms with Crippen molar-refractivity contribution in [1.29, 1.82) is 0 Å². The molecule has 0 radical (unpaired) electrons. The summed E-state index contributed by atoms with van der Waals surface area (Å²) in [5.74, 6) is -0.502. The monoisotopic (exact) mass is 313 g/mol.